The van der Waals surface area contributed by atoms with Crippen molar-refractivity contribution in [2.45, 2.75) is 82.7 Å². The second-order valence-electron chi connectivity index (χ2n) is 10.6. The lowest BCUT2D eigenvalue weighted by Crippen LogP contribution is -2.34. The molecule has 44 heavy (non-hydrogen) atoms. The van der Waals surface area contributed by atoms with E-state index in [-0.39, 0.29) is 32.2 Å². The normalized spacial score (nSPS) is 26.0. The number of esters is 2. The van der Waals surface area contributed by atoms with Crippen LogP contribution in [0, 0.1) is 0 Å². The molecule has 4 unspecified atom stereocenters. The van der Waals surface area contributed by atoms with Crippen molar-refractivity contribution in [2.24, 2.45) is 0 Å². The number of aliphatic hydroxyl groups is 2. The van der Waals surface area contributed by atoms with Gasteiger partial charge in [0.25, 0.3) is 0 Å². The molecule has 3 aromatic rings. The van der Waals surface area contributed by atoms with Gasteiger partial charge >= 0.3 is 11.9 Å². The van der Waals surface area contributed by atoms with E-state index in [0.717, 1.165) is 5.69 Å². The number of hydrogen-bond donors (Lipinski definition) is 3. The van der Waals surface area contributed by atoms with Crippen molar-refractivity contribution in [2.75, 3.05) is 32.2 Å². The van der Waals surface area contributed by atoms with Crippen LogP contribution in [0.3, 0.4) is 0 Å². The maximum atomic E-state index is 11.9. The zero-order valence-electron chi connectivity index (χ0n) is 24.5. The van der Waals surface area contributed by atoms with E-state index < -0.39 is 54.5 Å². The zero-order valence-corrected chi connectivity index (χ0v) is 24.5. The Hall–Kier alpha value is -3.81. The van der Waals surface area contributed by atoms with E-state index in [9.17, 15) is 14.7 Å². The van der Waals surface area contributed by atoms with Gasteiger partial charge in [-0.2, -0.15) is 0 Å². The van der Waals surface area contributed by atoms with E-state index in [1.54, 1.807) is 21.8 Å². The van der Waals surface area contributed by atoms with Gasteiger partial charge in [-0.25, -0.2) is 29.2 Å². The number of imidazole rings is 1. The minimum absolute atomic E-state index is 0.0380. The number of nitrogens with zero attached hydrogens (tertiary/aromatic N) is 7. The van der Waals surface area contributed by atoms with Crippen molar-refractivity contribution >= 4 is 28.9 Å². The van der Waals surface area contributed by atoms with Crippen LogP contribution in [0.1, 0.15) is 39.1 Å². The van der Waals surface area contributed by atoms with Crippen LogP contribution in [-0.4, -0.2) is 119 Å². The van der Waals surface area contributed by atoms with Crippen LogP contribution in [0.5, 0.6) is 0 Å². The SMILES string of the molecule is CC(O)C(=O)OC(C)C(=O)OCCOCCn1nncc1CCC1(C)O[C@@H]2[C@@H](CO)OC(n3cnc4c(N)ncnc43)[C@@H]2O1. The Balaban J connectivity index is 1.09. The molecule has 3 aromatic heterocycles. The highest BCUT2D eigenvalue weighted by atomic mass is 16.8. The molecule has 5 heterocycles. The Bertz CT molecular complexity index is 1450. The number of carbonyl (C=O) groups excluding carboxylic acids is 2. The number of hydrogen-bond acceptors (Lipinski definition) is 16. The third-order valence-electron chi connectivity index (χ3n) is 7.32. The fraction of sp³-hybridized carbons (Fsp3) is 0.654. The molecule has 0 bridgehead atoms. The van der Waals surface area contributed by atoms with Crippen LogP contribution < -0.4 is 5.73 Å². The summed E-state index contributed by atoms with van der Waals surface area (Å²) in [7, 11) is 0. The van der Waals surface area contributed by atoms with E-state index in [2.05, 4.69) is 25.3 Å². The van der Waals surface area contributed by atoms with E-state index in [1.165, 1.54) is 20.2 Å². The van der Waals surface area contributed by atoms with Gasteiger partial charge in [0.05, 0.1) is 44.6 Å². The fourth-order valence-corrected chi connectivity index (χ4v) is 5.03. The standard InChI is InChI=1S/C26H36N8O10/c1-14(36)24(37)41-15(2)25(38)40-9-8-39-7-6-34-16(10-31-32-34)4-5-26(3)43-19-17(11-35)42-23(20(19)44-26)33-13-30-18-21(27)28-12-29-22(18)33/h10,12-15,17,19-20,23,35-36H,4-9,11H2,1-3H3,(H2,27,28,29)/t14?,15?,17-,19-,20-,23?,26?/m1/s1. The molecule has 240 valence electrons. The first-order valence-corrected chi connectivity index (χ1v) is 14.2. The van der Waals surface area contributed by atoms with Crippen molar-refractivity contribution in [3.8, 4) is 0 Å². The Morgan fingerprint density at radius 1 is 1.14 bits per heavy atom. The zero-order chi connectivity index (χ0) is 31.4. The molecule has 7 atom stereocenters. The Labute approximate surface area is 251 Å². The van der Waals surface area contributed by atoms with Gasteiger partial charge in [-0.1, -0.05) is 5.21 Å². The Morgan fingerprint density at radius 3 is 2.70 bits per heavy atom. The van der Waals surface area contributed by atoms with Gasteiger partial charge in [0.1, 0.15) is 42.9 Å². The van der Waals surface area contributed by atoms with Gasteiger partial charge in [0.2, 0.25) is 0 Å². The number of aliphatic hydroxyl groups excluding tert-OH is 2. The first kappa shape index (κ1) is 31.6. The summed E-state index contributed by atoms with van der Waals surface area (Å²) in [5.74, 6) is -2.38. The van der Waals surface area contributed by atoms with Crippen LogP contribution in [0.15, 0.2) is 18.9 Å². The molecular formula is C26H36N8O10. The van der Waals surface area contributed by atoms with Gasteiger partial charge in [0.15, 0.2) is 29.6 Å². The predicted molar refractivity (Wildman–Crippen MR) is 146 cm³/mol. The highest BCUT2D eigenvalue weighted by Gasteiger charge is 2.57. The molecule has 18 nitrogen and oxygen atoms in total. The molecule has 0 spiro atoms. The number of nitrogens with two attached hydrogens (primary N) is 1. The van der Waals surface area contributed by atoms with Gasteiger partial charge < -0.3 is 44.4 Å². The van der Waals surface area contributed by atoms with Crippen molar-refractivity contribution in [1.29, 1.82) is 0 Å². The second kappa shape index (κ2) is 13.4. The molecule has 0 aliphatic carbocycles. The predicted octanol–water partition coefficient (Wildman–Crippen LogP) is -1.10. The smallest absolute Gasteiger partial charge is 0.347 e. The lowest BCUT2D eigenvalue weighted by atomic mass is 10.1. The van der Waals surface area contributed by atoms with Gasteiger partial charge in [-0.3, -0.25) is 4.57 Å². The lowest BCUT2D eigenvalue weighted by molar-refractivity contribution is -0.212. The van der Waals surface area contributed by atoms with Crippen LogP contribution in [0.2, 0.25) is 0 Å². The summed E-state index contributed by atoms with van der Waals surface area (Å²) in [6, 6.07) is 0. The molecule has 4 N–H and O–H groups in total. The van der Waals surface area contributed by atoms with E-state index >= 15 is 0 Å². The lowest BCUT2D eigenvalue weighted by Gasteiger charge is -2.27. The van der Waals surface area contributed by atoms with Gasteiger partial charge in [-0.15, -0.1) is 5.10 Å². The number of fused-ring (bicyclic) bond motifs is 2. The summed E-state index contributed by atoms with van der Waals surface area (Å²) < 4.78 is 37.6. The number of rotatable bonds is 14. The minimum atomic E-state index is -1.33. The molecule has 0 amide bonds. The number of carbonyl (C=O) groups is 2. The maximum Gasteiger partial charge on any atom is 0.347 e. The van der Waals surface area contributed by atoms with E-state index in [0.29, 0.717) is 30.6 Å². The third-order valence-corrected chi connectivity index (χ3v) is 7.32. The van der Waals surface area contributed by atoms with Crippen molar-refractivity contribution in [3.63, 3.8) is 0 Å². The quantitative estimate of drug-likeness (QED) is 0.143. The Kier molecular flexibility index (Phi) is 9.66. The first-order valence-electron chi connectivity index (χ1n) is 14.2. The number of anilines is 1. The molecule has 2 aliphatic heterocycles. The average molecular weight is 621 g/mol. The van der Waals surface area contributed by atoms with E-state index in [1.807, 2.05) is 6.92 Å². The molecule has 2 fully saturated rings. The second-order valence-corrected chi connectivity index (χ2v) is 10.6. The minimum Gasteiger partial charge on any atom is -0.461 e. The third kappa shape index (κ3) is 6.79. The number of aryl methyl sites for hydroxylation is 1. The van der Waals surface area contributed by atoms with Crippen LogP contribution in [-0.2, 0) is 51.0 Å². The van der Waals surface area contributed by atoms with Crippen molar-refractivity contribution in [3.05, 3.63) is 24.5 Å². The summed E-state index contributed by atoms with van der Waals surface area (Å²) in [4.78, 5) is 35.9. The summed E-state index contributed by atoms with van der Waals surface area (Å²) in [6.07, 6.45) is 0.753. The molecule has 2 saturated heterocycles. The summed E-state index contributed by atoms with van der Waals surface area (Å²) in [6.45, 7) is 4.94. The molecule has 0 saturated carbocycles. The maximum absolute atomic E-state index is 11.9. The highest BCUT2D eigenvalue weighted by molar-refractivity contribution is 5.81. The van der Waals surface area contributed by atoms with Crippen LogP contribution in [0.4, 0.5) is 5.82 Å². The molecule has 5 rings (SSSR count). The first-order chi connectivity index (χ1) is 21.1. The largest absolute Gasteiger partial charge is 0.461 e. The summed E-state index contributed by atoms with van der Waals surface area (Å²) >= 11 is 0. The van der Waals surface area contributed by atoms with Crippen molar-refractivity contribution < 1.29 is 48.2 Å². The molecular weight excluding hydrogens is 584 g/mol. The van der Waals surface area contributed by atoms with Gasteiger partial charge in [-0.05, 0) is 27.2 Å². The highest BCUT2D eigenvalue weighted by Crippen LogP contribution is 2.45. The number of ether oxygens (including phenoxy) is 6. The van der Waals surface area contributed by atoms with Crippen molar-refractivity contribution in [1.82, 2.24) is 34.5 Å². The van der Waals surface area contributed by atoms with Crippen LogP contribution in [0.25, 0.3) is 11.2 Å². The topological polar surface area (TPSA) is 230 Å². The monoisotopic (exact) mass is 620 g/mol. The average Bonchev–Trinajstić information content (AvgIpc) is 3.77. The fourth-order valence-electron chi connectivity index (χ4n) is 5.03. The number of aromatic nitrogens is 7. The summed E-state index contributed by atoms with van der Waals surface area (Å²) in [5.41, 5.74) is 7.70. The molecule has 18 heteroatoms. The van der Waals surface area contributed by atoms with Crippen LogP contribution >= 0.6 is 0 Å². The van der Waals surface area contributed by atoms with E-state index in [4.69, 9.17) is 39.3 Å². The number of nitrogen functional groups attached to an aromatic ring is 1. The Morgan fingerprint density at radius 2 is 1.93 bits per heavy atom. The molecule has 0 radical (unpaired) electrons. The molecule has 2 aliphatic rings. The van der Waals surface area contributed by atoms with Gasteiger partial charge in [0, 0.05) is 6.42 Å². The summed E-state index contributed by atoms with van der Waals surface area (Å²) in [5, 5.41) is 27.3. The molecule has 0 aromatic carbocycles.